The van der Waals surface area contributed by atoms with Crippen molar-refractivity contribution < 1.29 is 80.2 Å². The molecule has 0 amide bonds. The minimum Gasteiger partial charge on any atom is -0.462 e. The first-order valence-electron chi connectivity index (χ1n) is 38.0. The minimum absolute atomic E-state index is 0.107. The Bertz CT molecular complexity index is 1790. The average Bonchev–Trinajstić information content (AvgIpc) is 2.23. The molecule has 0 saturated carbocycles. The van der Waals surface area contributed by atoms with Crippen LogP contribution in [0.3, 0.4) is 0 Å². The summed E-state index contributed by atoms with van der Waals surface area (Å²) in [5.74, 6) is -0.543. The Morgan fingerprint density at radius 1 is 0.293 bits per heavy atom. The highest BCUT2D eigenvalue weighted by molar-refractivity contribution is 7.47. The maximum Gasteiger partial charge on any atom is 0.472 e. The molecule has 546 valence electrons. The fourth-order valence-corrected chi connectivity index (χ4v) is 12.7. The summed E-state index contributed by atoms with van der Waals surface area (Å²) < 4.78 is 68.4. The van der Waals surface area contributed by atoms with E-state index in [2.05, 4.69) is 41.5 Å². The molecule has 0 rings (SSSR count). The molecule has 92 heavy (non-hydrogen) atoms. The Hall–Kier alpha value is -1.94. The van der Waals surface area contributed by atoms with Gasteiger partial charge in [-0.05, 0) is 37.5 Å². The highest BCUT2D eigenvalue weighted by Gasteiger charge is 2.30. The molecule has 2 unspecified atom stereocenters. The number of hydrogen-bond donors (Lipinski definition) is 3. The van der Waals surface area contributed by atoms with Crippen LogP contribution < -0.4 is 0 Å². The van der Waals surface area contributed by atoms with Crippen LogP contribution in [0.5, 0.6) is 0 Å². The molecule has 5 atom stereocenters. The zero-order valence-corrected chi connectivity index (χ0v) is 61.6. The average molecular weight is 1350 g/mol. The van der Waals surface area contributed by atoms with Gasteiger partial charge in [-0.2, -0.15) is 0 Å². The van der Waals surface area contributed by atoms with Crippen LogP contribution in [0.2, 0.25) is 0 Å². The van der Waals surface area contributed by atoms with Crippen LogP contribution in [0.1, 0.15) is 375 Å². The molecular formula is C73H142O17P2. The highest BCUT2D eigenvalue weighted by atomic mass is 31.2. The van der Waals surface area contributed by atoms with Crippen LogP contribution >= 0.6 is 15.6 Å². The summed E-state index contributed by atoms with van der Waals surface area (Å²) in [6.07, 6.45) is 51.3. The second kappa shape index (κ2) is 65.0. The summed E-state index contributed by atoms with van der Waals surface area (Å²) in [5.41, 5.74) is 0. The summed E-state index contributed by atoms with van der Waals surface area (Å²) in [6, 6.07) is 0. The molecule has 0 aliphatic carbocycles. The summed E-state index contributed by atoms with van der Waals surface area (Å²) in [6.45, 7) is 9.59. The number of hydrogen-bond acceptors (Lipinski definition) is 15. The molecule has 0 aromatic heterocycles. The quantitative estimate of drug-likeness (QED) is 0.0222. The van der Waals surface area contributed by atoms with E-state index in [1.54, 1.807) is 0 Å². The summed E-state index contributed by atoms with van der Waals surface area (Å²) in [4.78, 5) is 72.6. The lowest BCUT2D eigenvalue weighted by atomic mass is 10.0. The Morgan fingerprint density at radius 3 is 0.739 bits per heavy atom. The van der Waals surface area contributed by atoms with Gasteiger partial charge in [0, 0.05) is 25.7 Å². The molecule has 0 bridgehead atoms. The maximum absolute atomic E-state index is 13.1. The number of ether oxygens (including phenoxy) is 4. The molecule has 0 radical (unpaired) electrons. The number of rotatable bonds is 72. The Labute approximate surface area is 562 Å². The third-order valence-electron chi connectivity index (χ3n) is 17.0. The molecule has 0 aliphatic rings. The Morgan fingerprint density at radius 2 is 0.500 bits per heavy atom. The first-order valence-corrected chi connectivity index (χ1v) is 41.0. The van der Waals surface area contributed by atoms with Crippen molar-refractivity contribution in [3.63, 3.8) is 0 Å². The number of phosphoric acid groups is 2. The molecule has 0 aromatic rings. The van der Waals surface area contributed by atoms with E-state index in [4.69, 9.17) is 37.0 Å². The van der Waals surface area contributed by atoms with Gasteiger partial charge in [0.15, 0.2) is 12.2 Å². The molecule has 0 fully saturated rings. The van der Waals surface area contributed by atoms with Crippen molar-refractivity contribution in [3.05, 3.63) is 0 Å². The molecule has 0 aromatic carbocycles. The number of unbranched alkanes of at least 4 members (excludes halogenated alkanes) is 42. The minimum atomic E-state index is -4.95. The molecule has 0 aliphatic heterocycles. The first kappa shape index (κ1) is 90.1. The van der Waals surface area contributed by atoms with E-state index in [1.807, 2.05) is 0 Å². The highest BCUT2D eigenvalue weighted by Crippen LogP contribution is 2.45. The van der Waals surface area contributed by atoms with Gasteiger partial charge in [0.25, 0.3) is 0 Å². The number of aliphatic hydroxyl groups excluding tert-OH is 1. The smallest absolute Gasteiger partial charge is 0.462 e. The number of phosphoric ester groups is 2. The van der Waals surface area contributed by atoms with Gasteiger partial charge in [-0.3, -0.25) is 37.3 Å². The number of carbonyl (C=O) groups is 4. The predicted molar refractivity (Wildman–Crippen MR) is 372 cm³/mol. The van der Waals surface area contributed by atoms with Gasteiger partial charge in [-0.1, -0.05) is 324 Å². The van der Waals surface area contributed by atoms with Gasteiger partial charge < -0.3 is 33.8 Å². The van der Waals surface area contributed by atoms with Gasteiger partial charge in [0.2, 0.25) is 0 Å². The number of carbonyl (C=O) groups excluding carboxylic acids is 4. The third-order valence-corrected chi connectivity index (χ3v) is 18.9. The van der Waals surface area contributed by atoms with Crippen molar-refractivity contribution in [3.8, 4) is 0 Å². The fourth-order valence-electron chi connectivity index (χ4n) is 11.1. The van der Waals surface area contributed by atoms with Crippen molar-refractivity contribution >= 4 is 39.5 Å². The van der Waals surface area contributed by atoms with Crippen LogP contribution in [0, 0.1) is 11.8 Å². The van der Waals surface area contributed by atoms with E-state index in [0.717, 1.165) is 108 Å². The number of aliphatic hydroxyl groups is 1. The topological polar surface area (TPSA) is 237 Å². The maximum atomic E-state index is 13.1. The van der Waals surface area contributed by atoms with Gasteiger partial charge in [0.1, 0.15) is 19.3 Å². The molecule has 17 nitrogen and oxygen atoms in total. The lowest BCUT2D eigenvalue weighted by Crippen LogP contribution is -2.30. The predicted octanol–water partition coefficient (Wildman–Crippen LogP) is 21.2. The SMILES string of the molecule is CCCCCCCCCCCCCCC(=O)O[C@H](COC(=O)CCCCCCCCCC)COP(=O)(O)OC[C@H](O)COP(=O)(O)OC[C@@H](COC(=O)CCCCCCCCCCCCCCCC(C)C)OC(=O)CCCCCCCCCCCCCCCC(C)C. The second-order valence-electron chi connectivity index (χ2n) is 27.3. The molecule has 19 heteroatoms. The second-order valence-corrected chi connectivity index (χ2v) is 30.2. The number of esters is 4. The Kier molecular flexibility index (Phi) is 63.7. The molecule has 0 saturated heterocycles. The van der Waals surface area contributed by atoms with Crippen LogP contribution in [-0.2, 0) is 65.4 Å². The van der Waals surface area contributed by atoms with E-state index < -0.39 is 97.5 Å². The third kappa shape index (κ3) is 66.7. The first-order chi connectivity index (χ1) is 44.4. The zero-order valence-electron chi connectivity index (χ0n) is 59.9. The van der Waals surface area contributed by atoms with E-state index in [-0.39, 0.29) is 25.7 Å². The van der Waals surface area contributed by atoms with E-state index in [9.17, 15) is 43.2 Å². The normalized spacial score (nSPS) is 14.1. The van der Waals surface area contributed by atoms with E-state index in [1.165, 1.54) is 186 Å². The lowest BCUT2D eigenvalue weighted by Gasteiger charge is -2.21. The molecular weight excluding hydrogens is 1210 g/mol. The standard InChI is InChI=1S/C73H142O17P2/c1-7-9-11-13-15-17-18-27-33-39-45-51-57-72(77)89-68(61-83-70(75)55-49-43-37-16-14-12-10-8-2)63-87-91(79,80)85-59-67(74)60-86-92(81,82)88-64-69(90-73(78)58-52-46-40-34-29-24-20-22-26-31-36-42-48-54-66(5)6)62-84-71(76)56-50-44-38-32-28-23-19-21-25-30-35-41-47-53-65(3)4/h65-69,74H,7-64H2,1-6H3,(H,79,80)(H,81,82)/t67-,68+,69+/m0/s1. The van der Waals surface area contributed by atoms with Gasteiger partial charge >= 0.3 is 39.5 Å². The van der Waals surface area contributed by atoms with Gasteiger partial charge in [-0.15, -0.1) is 0 Å². The zero-order chi connectivity index (χ0) is 67.9. The van der Waals surface area contributed by atoms with Gasteiger partial charge in [-0.25, -0.2) is 9.13 Å². The van der Waals surface area contributed by atoms with Crippen molar-refractivity contribution in [2.45, 2.75) is 394 Å². The van der Waals surface area contributed by atoms with Crippen LogP contribution in [0.25, 0.3) is 0 Å². The lowest BCUT2D eigenvalue weighted by molar-refractivity contribution is -0.161. The van der Waals surface area contributed by atoms with E-state index in [0.29, 0.717) is 25.7 Å². The summed E-state index contributed by atoms with van der Waals surface area (Å²) in [7, 11) is -9.90. The van der Waals surface area contributed by atoms with Crippen LogP contribution in [0.4, 0.5) is 0 Å². The van der Waals surface area contributed by atoms with Crippen LogP contribution in [0.15, 0.2) is 0 Å². The van der Waals surface area contributed by atoms with Crippen molar-refractivity contribution in [1.29, 1.82) is 0 Å². The molecule has 3 N–H and O–H groups in total. The van der Waals surface area contributed by atoms with E-state index >= 15 is 0 Å². The van der Waals surface area contributed by atoms with Crippen molar-refractivity contribution in [2.75, 3.05) is 39.6 Å². The summed E-state index contributed by atoms with van der Waals surface area (Å²) in [5, 5.41) is 10.6. The molecule has 0 spiro atoms. The Balaban J connectivity index is 5.22. The largest absolute Gasteiger partial charge is 0.472 e. The summed E-state index contributed by atoms with van der Waals surface area (Å²) >= 11 is 0. The van der Waals surface area contributed by atoms with Crippen LogP contribution in [-0.4, -0.2) is 96.7 Å². The van der Waals surface area contributed by atoms with Gasteiger partial charge in [0.05, 0.1) is 26.4 Å². The van der Waals surface area contributed by atoms with Crippen molar-refractivity contribution in [1.82, 2.24) is 0 Å². The fraction of sp³-hybridized carbons (Fsp3) is 0.945. The van der Waals surface area contributed by atoms with Crippen molar-refractivity contribution in [2.24, 2.45) is 11.8 Å². The molecule has 0 heterocycles. The monoisotopic (exact) mass is 1350 g/mol.